The molecule has 194 valence electrons. The number of hydrogen-bond acceptors (Lipinski definition) is 13. The Hall–Kier alpha value is -1.59. The highest BCUT2D eigenvalue weighted by Crippen LogP contribution is 2.69. The molecule has 5 rings (SSSR count). The van der Waals surface area contributed by atoms with Crippen LogP contribution in [0.4, 0.5) is 16.2 Å². The zero-order valence-electron chi connectivity index (χ0n) is 17.1. The molecule has 0 aromatic carbocycles. The van der Waals surface area contributed by atoms with Gasteiger partial charge in [0.25, 0.3) is 0 Å². The van der Waals surface area contributed by atoms with Gasteiger partial charge in [0, 0.05) is 6.04 Å². The number of fused-ring (bicyclic) bond motifs is 2. The number of nitrogens with two attached hydrogens (primary N) is 1. The van der Waals surface area contributed by atoms with E-state index in [2.05, 4.69) is 33.4 Å². The molecule has 2 saturated carbocycles. The van der Waals surface area contributed by atoms with E-state index in [9.17, 15) is 28.6 Å². The summed E-state index contributed by atoms with van der Waals surface area (Å²) in [6.45, 7) is 0. The molecule has 2 aromatic heterocycles. The minimum Gasteiger partial charge on any atom is -0.381 e. The average molecular weight is 562 g/mol. The van der Waals surface area contributed by atoms with Crippen molar-refractivity contribution in [2.75, 3.05) is 11.1 Å². The van der Waals surface area contributed by atoms with E-state index in [1.807, 2.05) is 0 Å². The summed E-state index contributed by atoms with van der Waals surface area (Å²) in [5, 5.41) is 13.7. The molecule has 0 bridgehead atoms. The van der Waals surface area contributed by atoms with Crippen molar-refractivity contribution in [2.45, 2.75) is 49.1 Å². The Labute approximate surface area is 193 Å². The summed E-state index contributed by atoms with van der Waals surface area (Å²) in [4.78, 5) is 48.2. The van der Waals surface area contributed by atoms with Crippen LogP contribution in [0, 0.1) is 0 Å². The number of hydrogen-bond donors (Lipinski definition) is 7. The summed E-state index contributed by atoms with van der Waals surface area (Å²) in [7, 11) is -17.0. The van der Waals surface area contributed by atoms with Crippen molar-refractivity contribution in [2.24, 2.45) is 0 Å². The number of nitrogens with one attached hydrogen (secondary N) is 1. The largest absolute Gasteiger partial charge is 0.490 e. The van der Waals surface area contributed by atoms with E-state index >= 15 is 4.39 Å². The Balaban J connectivity index is 1.32. The van der Waals surface area contributed by atoms with Crippen LogP contribution >= 0.6 is 23.5 Å². The molecule has 0 radical (unpaired) electrons. The number of nitrogens with zero attached hydrogens (tertiary/aromatic N) is 4. The van der Waals surface area contributed by atoms with Gasteiger partial charge in [-0.3, -0.25) is 9.09 Å². The lowest BCUT2D eigenvalue weighted by molar-refractivity contribution is -0.0597. The van der Waals surface area contributed by atoms with Crippen LogP contribution < -0.4 is 11.1 Å². The van der Waals surface area contributed by atoms with E-state index in [1.165, 1.54) is 6.33 Å². The highest BCUT2D eigenvalue weighted by molar-refractivity contribution is 7.66. The number of alkyl halides is 1. The standard InChI is InChI=1S/C13H18FN6O12P3/c14-6-11(20-3-16-5-9(17-4-1-2-4)18-12(15)19-10(5)20)29-7-8(13(6,7)21)30-34(25,26)32-35(27,28)31-33(22,23)24/h3-4,6-8,11,21H,1-2H2,(H,25,26)(H,27,28)(H2,22,23,24)(H3,15,17,18,19)/t6-,7+,8?,11+,13-/m0/s1. The third kappa shape index (κ3) is 4.75. The van der Waals surface area contributed by atoms with E-state index in [4.69, 9.17) is 20.3 Å². The van der Waals surface area contributed by atoms with Crippen molar-refractivity contribution < 1.29 is 60.6 Å². The van der Waals surface area contributed by atoms with Crippen molar-refractivity contribution in [1.29, 1.82) is 0 Å². The zero-order chi connectivity index (χ0) is 25.6. The number of rotatable bonds is 9. The van der Waals surface area contributed by atoms with Gasteiger partial charge in [0.2, 0.25) is 5.95 Å². The average Bonchev–Trinajstić information content (AvgIpc) is 3.50. The van der Waals surface area contributed by atoms with Crippen LogP contribution in [0.3, 0.4) is 0 Å². The van der Waals surface area contributed by atoms with Crippen molar-refractivity contribution in [3.63, 3.8) is 0 Å². The summed E-state index contributed by atoms with van der Waals surface area (Å²) in [5.74, 6) is 0.196. The minimum atomic E-state index is -5.79. The molecule has 3 aliphatic rings. The monoisotopic (exact) mass is 562 g/mol. The van der Waals surface area contributed by atoms with Gasteiger partial charge < -0.3 is 40.5 Å². The second kappa shape index (κ2) is 7.95. The van der Waals surface area contributed by atoms with Gasteiger partial charge in [-0.2, -0.15) is 18.6 Å². The predicted molar refractivity (Wildman–Crippen MR) is 109 cm³/mol. The molecule has 0 amide bonds. The summed E-state index contributed by atoms with van der Waals surface area (Å²) >= 11 is 0. The molecular formula is C13H18FN6O12P3. The van der Waals surface area contributed by atoms with Crippen molar-refractivity contribution in [1.82, 2.24) is 19.5 Å². The molecule has 2 aromatic rings. The Kier molecular flexibility index (Phi) is 5.70. The number of phosphoric acid groups is 3. The molecule has 3 unspecified atom stereocenters. The molecule has 1 aliphatic heterocycles. The molecule has 22 heteroatoms. The van der Waals surface area contributed by atoms with Crippen LogP contribution in [0.1, 0.15) is 19.1 Å². The maximum atomic E-state index is 15.3. The van der Waals surface area contributed by atoms with E-state index in [0.717, 1.165) is 17.4 Å². The number of phosphoric ester groups is 1. The second-order valence-corrected chi connectivity index (χ2v) is 12.4. The first-order valence-corrected chi connectivity index (χ1v) is 14.2. The lowest BCUT2D eigenvalue weighted by atomic mass is 10.2. The fourth-order valence-corrected chi connectivity index (χ4v) is 6.93. The van der Waals surface area contributed by atoms with Gasteiger partial charge >= 0.3 is 23.5 Å². The number of aromatic nitrogens is 4. The molecule has 35 heavy (non-hydrogen) atoms. The van der Waals surface area contributed by atoms with Crippen molar-refractivity contribution >= 4 is 46.4 Å². The Morgan fingerprint density at radius 1 is 1.17 bits per heavy atom. The van der Waals surface area contributed by atoms with Gasteiger partial charge in [-0.05, 0) is 12.8 Å². The van der Waals surface area contributed by atoms with E-state index < -0.39 is 53.7 Å². The maximum absolute atomic E-state index is 15.3. The Morgan fingerprint density at radius 3 is 2.43 bits per heavy atom. The lowest BCUT2D eigenvalue weighted by Gasteiger charge is -2.23. The predicted octanol–water partition coefficient (Wildman–Crippen LogP) is -0.325. The highest BCUT2D eigenvalue weighted by Gasteiger charge is 2.80. The SMILES string of the molecule is Nc1nc(NC2CC2)c2ncn([C@@H]3O[C@@H]4C(OP(=O)(O)OP(=O)(O)OP(=O)(O)O)[C@]4(O)[C@H]3F)c2n1. The Morgan fingerprint density at radius 2 is 1.86 bits per heavy atom. The molecule has 1 saturated heterocycles. The summed E-state index contributed by atoms with van der Waals surface area (Å²) in [6.07, 6.45) is -4.14. The zero-order valence-corrected chi connectivity index (χ0v) is 19.7. The maximum Gasteiger partial charge on any atom is 0.490 e. The van der Waals surface area contributed by atoms with Gasteiger partial charge in [-0.15, -0.1) is 0 Å². The number of nitrogen functional groups attached to an aromatic ring is 1. The van der Waals surface area contributed by atoms with Gasteiger partial charge in [-0.1, -0.05) is 0 Å². The van der Waals surface area contributed by atoms with Crippen LogP contribution in [0.2, 0.25) is 0 Å². The summed E-state index contributed by atoms with van der Waals surface area (Å²) in [6, 6.07) is 0.193. The van der Waals surface area contributed by atoms with Crippen LogP contribution in [-0.2, 0) is 31.6 Å². The first kappa shape index (κ1) is 25.1. The Bertz CT molecular complexity index is 1330. The number of anilines is 2. The van der Waals surface area contributed by atoms with E-state index in [-0.39, 0.29) is 23.2 Å². The highest BCUT2D eigenvalue weighted by atomic mass is 31.3. The van der Waals surface area contributed by atoms with Gasteiger partial charge in [-0.25, -0.2) is 23.1 Å². The molecule has 2 aliphatic carbocycles. The molecular weight excluding hydrogens is 544 g/mol. The summed E-state index contributed by atoms with van der Waals surface area (Å²) < 4.78 is 67.7. The normalized spacial score (nSPS) is 33.8. The van der Waals surface area contributed by atoms with Crippen LogP contribution in [0.5, 0.6) is 0 Å². The first-order chi connectivity index (χ1) is 16.1. The number of halogens is 1. The smallest absolute Gasteiger partial charge is 0.381 e. The molecule has 3 fully saturated rings. The molecule has 0 spiro atoms. The third-order valence-electron chi connectivity index (χ3n) is 5.35. The van der Waals surface area contributed by atoms with Gasteiger partial charge in [0.05, 0.1) is 6.33 Å². The first-order valence-electron chi connectivity index (χ1n) is 9.70. The lowest BCUT2D eigenvalue weighted by Crippen LogP contribution is -2.34. The van der Waals surface area contributed by atoms with Gasteiger partial charge in [0.1, 0.15) is 12.2 Å². The molecule has 3 heterocycles. The number of aliphatic hydroxyl groups is 1. The van der Waals surface area contributed by atoms with Crippen molar-refractivity contribution in [3.05, 3.63) is 6.33 Å². The minimum absolute atomic E-state index is 0.0858. The van der Waals surface area contributed by atoms with Crippen LogP contribution in [-0.4, -0.2) is 74.2 Å². The van der Waals surface area contributed by atoms with E-state index in [1.54, 1.807) is 0 Å². The number of imidazole rings is 1. The van der Waals surface area contributed by atoms with Crippen molar-refractivity contribution in [3.8, 4) is 0 Å². The fourth-order valence-electron chi connectivity index (χ4n) is 3.70. The van der Waals surface area contributed by atoms with Gasteiger partial charge in [0.15, 0.2) is 35.0 Å². The van der Waals surface area contributed by atoms with E-state index in [0.29, 0.717) is 5.82 Å². The fraction of sp³-hybridized carbons (Fsp3) is 0.615. The molecule has 7 atom stereocenters. The third-order valence-corrected chi connectivity index (χ3v) is 9.17. The van der Waals surface area contributed by atoms with Crippen LogP contribution in [0.25, 0.3) is 11.2 Å². The molecule has 18 nitrogen and oxygen atoms in total. The topological polar surface area (TPSA) is 271 Å². The van der Waals surface area contributed by atoms with Crippen LogP contribution in [0.15, 0.2) is 6.33 Å². The number of ether oxygens (including phenoxy) is 1. The second-order valence-electron chi connectivity index (χ2n) is 8.03. The quantitative estimate of drug-likeness (QED) is 0.193. The molecule has 8 N–H and O–H groups in total. The summed E-state index contributed by atoms with van der Waals surface area (Å²) in [5.41, 5.74) is 3.61.